The molecule has 20 heteroatoms. The van der Waals surface area contributed by atoms with E-state index in [2.05, 4.69) is 56.4 Å². The summed E-state index contributed by atoms with van der Waals surface area (Å²) in [6, 6.07) is 7.76. The number of amides is 1. The van der Waals surface area contributed by atoms with Crippen molar-refractivity contribution in [3.8, 4) is 12.1 Å². The Kier molecular flexibility index (Phi) is 11.5. The summed E-state index contributed by atoms with van der Waals surface area (Å²) < 4.78 is 0. The number of carboxylic acid groups (broad SMARTS) is 1. The van der Waals surface area contributed by atoms with Crippen LogP contribution >= 0.6 is 22.7 Å². The van der Waals surface area contributed by atoms with Crippen LogP contribution in [0, 0.1) is 22.7 Å². The molecule has 2 aliphatic heterocycles. The molecule has 4 aromatic rings. The third-order valence-corrected chi connectivity index (χ3v) is 8.77. The fourth-order valence-corrected chi connectivity index (χ4v) is 6.09. The summed E-state index contributed by atoms with van der Waals surface area (Å²) in [6.45, 7) is 6.17. The summed E-state index contributed by atoms with van der Waals surface area (Å²) >= 11 is 2.52. The molecule has 0 spiro atoms. The van der Waals surface area contributed by atoms with E-state index in [0.29, 0.717) is 57.8 Å². The lowest BCUT2D eigenvalue weighted by Crippen LogP contribution is -2.49. The second kappa shape index (κ2) is 16.3. The number of thiazole rings is 2. The fraction of sp³-hybridized carbons (Fsp3) is 0.357. The number of hydrogen-bond donors (Lipinski definition) is 4. The molecular weight excluding hydrogens is 659 g/mol. The minimum atomic E-state index is -0.808. The molecule has 6 heterocycles. The maximum absolute atomic E-state index is 11.0. The van der Waals surface area contributed by atoms with Crippen LogP contribution < -0.4 is 26.2 Å². The van der Waals surface area contributed by atoms with Crippen LogP contribution in [0.5, 0.6) is 0 Å². The Balaban J connectivity index is 0.000000188. The van der Waals surface area contributed by atoms with Crippen LogP contribution in [-0.4, -0.2) is 122 Å². The first-order valence-corrected chi connectivity index (χ1v) is 16.3. The summed E-state index contributed by atoms with van der Waals surface area (Å²) in [5.74, 6) is 1.70. The molecule has 248 valence electrons. The highest BCUT2D eigenvalue weighted by atomic mass is 32.1. The minimum Gasteiger partial charge on any atom is -0.480 e. The summed E-state index contributed by atoms with van der Waals surface area (Å²) in [5, 5.41) is 33.9. The fourth-order valence-electron chi connectivity index (χ4n) is 4.84. The number of carboxylic acids is 1. The van der Waals surface area contributed by atoms with Crippen molar-refractivity contribution in [3.63, 3.8) is 0 Å². The quantitative estimate of drug-likeness (QED) is 0.181. The van der Waals surface area contributed by atoms with E-state index in [1.165, 1.54) is 47.7 Å². The van der Waals surface area contributed by atoms with Crippen molar-refractivity contribution in [2.45, 2.75) is 0 Å². The number of aromatic nitrogens is 6. The van der Waals surface area contributed by atoms with Gasteiger partial charge in [0.05, 0.1) is 25.5 Å². The monoisotopic (exact) mass is 689 g/mol. The van der Waals surface area contributed by atoms with Crippen molar-refractivity contribution in [3.05, 3.63) is 46.9 Å². The first kappa shape index (κ1) is 33.8. The Hall–Kier alpha value is -5.54. The lowest BCUT2D eigenvalue weighted by atomic mass is 10.3. The number of piperazine rings is 2. The molecule has 5 N–H and O–H groups in total. The topological polar surface area (TPSA) is 242 Å². The lowest BCUT2D eigenvalue weighted by Gasteiger charge is -2.34. The molecule has 6 rings (SSSR count). The zero-order valence-corrected chi connectivity index (χ0v) is 27.2. The van der Waals surface area contributed by atoms with Crippen LogP contribution in [0.3, 0.4) is 0 Å². The molecule has 0 bridgehead atoms. The number of anilines is 6. The molecule has 0 unspecified atom stereocenters. The van der Waals surface area contributed by atoms with E-state index in [4.69, 9.17) is 21.4 Å². The van der Waals surface area contributed by atoms with Gasteiger partial charge in [0.25, 0.3) is 0 Å². The molecule has 0 atom stereocenters. The van der Waals surface area contributed by atoms with Crippen LogP contribution in [0.25, 0.3) is 0 Å². The molecule has 4 aromatic heterocycles. The average Bonchev–Trinajstić information content (AvgIpc) is 3.75. The van der Waals surface area contributed by atoms with Gasteiger partial charge < -0.3 is 31.3 Å². The summed E-state index contributed by atoms with van der Waals surface area (Å²) in [5.41, 5.74) is 5.23. The Morgan fingerprint density at radius 3 is 1.54 bits per heavy atom. The molecule has 0 aliphatic carbocycles. The first-order chi connectivity index (χ1) is 23.3. The highest BCUT2D eigenvalue weighted by Gasteiger charge is 2.21. The van der Waals surface area contributed by atoms with E-state index in [9.17, 15) is 9.59 Å². The Morgan fingerprint density at radius 2 is 1.17 bits per heavy atom. The number of nitrogens with zero attached hydrogens (tertiary/aromatic N) is 12. The van der Waals surface area contributed by atoms with E-state index < -0.39 is 5.97 Å². The maximum Gasteiger partial charge on any atom is 0.317 e. The van der Waals surface area contributed by atoms with Crippen molar-refractivity contribution in [2.24, 2.45) is 5.73 Å². The molecule has 0 radical (unpaired) electrons. The van der Waals surface area contributed by atoms with E-state index in [-0.39, 0.29) is 19.0 Å². The summed E-state index contributed by atoms with van der Waals surface area (Å²) in [4.78, 5) is 56.1. The van der Waals surface area contributed by atoms with Crippen LogP contribution in [0.2, 0.25) is 0 Å². The third-order valence-electron chi connectivity index (χ3n) is 7.14. The number of carbonyl (C=O) groups excluding carboxylic acids is 1. The average molecular weight is 690 g/mol. The first-order valence-electron chi connectivity index (χ1n) is 14.6. The number of nitriles is 2. The summed E-state index contributed by atoms with van der Waals surface area (Å²) in [7, 11) is 0. The number of rotatable bonds is 10. The van der Waals surface area contributed by atoms with Gasteiger partial charge in [0.15, 0.2) is 10.3 Å². The maximum atomic E-state index is 11.0. The second-order valence-electron chi connectivity index (χ2n) is 10.4. The Morgan fingerprint density at radius 1 is 0.729 bits per heavy atom. The van der Waals surface area contributed by atoms with Crippen molar-refractivity contribution >= 4 is 68.1 Å². The molecule has 0 saturated carbocycles. The Labute approximate surface area is 283 Å². The number of primary amides is 1. The van der Waals surface area contributed by atoms with Gasteiger partial charge >= 0.3 is 5.97 Å². The third kappa shape index (κ3) is 9.73. The van der Waals surface area contributed by atoms with E-state index >= 15 is 0 Å². The van der Waals surface area contributed by atoms with Gasteiger partial charge in [-0.1, -0.05) is 22.7 Å². The highest BCUT2D eigenvalue weighted by Crippen LogP contribution is 2.24. The Bertz CT molecular complexity index is 1660. The lowest BCUT2D eigenvalue weighted by molar-refractivity contribution is -0.138. The van der Waals surface area contributed by atoms with Crippen molar-refractivity contribution in [1.29, 1.82) is 10.5 Å². The minimum absolute atomic E-state index is 0.0652. The van der Waals surface area contributed by atoms with Gasteiger partial charge in [-0.05, 0) is 0 Å². The van der Waals surface area contributed by atoms with Gasteiger partial charge in [-0.3, -0.25) is 19.4 Å². The van der Waals surface area contributed by atoms with E-state index in [1.54, 1.807) is 0 Å². The van der Waals surface area contributed by atoms with Crippen molar-refractivity contribution in [2.75, 3.05) is 85.9 Å². The number of carbonyl (C=O) groups is 2. The second-order valence-corrected chi connectivity index (χ2v) is 12.5. The van der Waals surface area contributed by atoms with Crippen molar-refractivity contribution < 1.29 is 14.7 Å². The van der Waals surface area contributed by atoms with Crippen LogP contribution in [0.1, 0.15) is 9.75 Å². The van der Waals surface area contributed by atoms with Crippen LogP contribution in [0.15, 0.2) is 37.2 Å². The molecule has 0 aromatic carbocycles. The summed E-state index contributed by atoms with van der Waals surface area (Å²) in [6.07, 6.45) is 6.00. The molecule has 48 heavy (non-hydrogen) atoms. The normalized spacial score (nSPS) is 15.0. The van der Waals surface area contributed by atoms with Crippen LogP contribution in [0.4, 0.5) is 33.5 Å². The zero-order valence-electron chi connectivity index (χ0n) is 25.6. The van der Waals surface area contributed by atoms with Crippen molar-refractivity contribution in [1.82, 2.24) is 39.7 Å². The molecule has 18 nitrogen and oxygen atoms in total. The molecule has 2 saturated heterocycles. The number of nitrogens with one attached hydrogen (secondary N) is 2. The number of aliphatic carboxylic acids is 1. The van der Waals surface area contributed by atoms with Gasteiger partial charge in [-0.2, -0.15) is 10.5 Å². The number of nitrogens with two attached hydrogens (primary N) is 1. The number of hydrogen-bond acceptors (Lipinski definition) is 18. The van der Waals surface area contributed by atoms with Gasteiger partial charge in [-0.25, -0.2) is 29.9 Å². The van der Waals surface area contributed by atoms with Gasteiger partial charge in [0.2, 0.25) is 5.91 Å². The smallest absolute Gasteiger partial charge is 0.317 e. The molecule has 2 aliphatic rings. The predicted octanol–water partition coefficient (Wildman–Crippen LogP) is 0.911. The van der Waals surface area contributed by atoms with Crippen LogP contribution in [-0.2, 0) is 9.59 Å². The van der Waals surface area contributed by atoms with Gasteiger partial charge in [-0.15, -0.1) is 0 Å². The SMILES string of the molecule is N#Cc1cnc(Nc2cc(N3CCN(CC(=O)O)CC3)ncn2)s1.N#Cc1cnc(Nc2cc(N3CCN(CC(N)=O)CC3)ncn2)s1. The predicted molar refractivity (Wildman–Crippen MR) is 178 cm³/mol. The molecule has 1 amide bonds. The largest absolute Gasteiger partial charge is 0.480 e. The molecule has 2 fully saturated rings. The highest BCUT2D eigenvalue weighted by molar-refractivity contribution is 7.16. The standard InChI is InChI=1S/C14H16N8OS.C14H15N7O2S/c15-6-10-7-17-14(24-10)20-12-5-13(19-9-18-12)22-3-1-21(2-4-22)8-11(16)23;15-6-10-7-16-14(24-10)19-11-5-12(18-9-17-11)21-3-1-20(2-4-21)8-13(22)23/h5,7,9H,1-4,8H2,(H2,16,23)(H,17,18,19,20);5,7,9H,1-4,8H2,(H,22,23)(H,16,17,18,19). The van der Waals surface area contributed by atoms with Gasteiger partial charge in [0, 0.05) is 64.5 Å². The van der Waals surface area contributed by atoms with E-state index in [1.807, 2.05) is 28.0 Å². The molecular formula is C28H31N15O3S2. The zero-order chi connectivity index (χ0) is 33.9. The van der Waals surface area contributed by atoms with E-state index in [0.717, 1.165) is 37.8 Å². The van der Waals surface area contributed by atoms with Gasteiger partial charge in [0.1, 0.15) is 57.8 Å².